The molecular weight excluding hydrogens is 136 g/mol. The third kappa shape index (κ3) is 1.58. The largest absolute Gasteiger partial charge is 0.397 e. The second-order valence-corrected chi connectivity index (χ2v) is 2.12. The lowest BCUT2D eigenvalue weighted by molar-refractivity contribution is 0.660. The number of hydrogen-bond acceptors (Lipinski definition) is 4. The van der Waals surface area contributed by atoms with E-state index in [0.29, 0.717) is 22.8 Å². The Morgan fingerprint density at radius 1 is 1.56 bits per heavy atom. The van der Waals surface area contributed by atoms with E-state index < -0.39 is 0 Å². The van der Waals surface area contributed by atoms with Gasteiger partial charge < -0.3 is 10.3 Å². The summed E-state index contributed by atoms with van der Waals surface area (Å²) in [4.78, 5) is 3.78. The molecule has 1 aromatic rings. The van der Waals surface area contributed by atoms with Gasteiger partial charge in [-0.15, -0.1) is 0 Å². The molecular formula is C5H6N2OS. The summed E-state index contributed by atoms with van der Waals surface area (Å²) in [6.07, 6.45) is 1.50. The SMILES string of the molecule is Nc1ccc(SO)nc1. The molecule has 0 atom stereocenters. The van der Waals surface area contributed by atoms with Crippen molar-refractivity contribution in [3.8, 4) is 0 Å². The topological polar surface area (TPSA) is 59.1 Å². The van der Waals surface area contributed by atoms with E-state index in [2.05, 4.69) is 4.98 Å². The van der Waals surface area contributed by atoms with Crippen LogP contribution in [0.15, 0.2) is 23.4 Å². The van der Waals surface area contributed by atoms with Gasteiger partial charge in [-0.25, -0.2) is 4.98 Å². The number of nitrogens with zero attached hydrogens (tertiary/aromatic N) is 1. The first kappa shape index (κ1) is 6.38. The molecule has 0 unspecified atom stereocenters. The Hall–Kier alpha value is -0.740. The van der Waals surface area contributed by atoms with E-state index in [4.69, 9.17) is 10.3 Å². The molecule has 3 N–H and O–H groups in total. The Bertz CT molecular complexity index is 187. The highest BCUT2D eigenvalue weighted by Crippen LogP contribution is 2.10. The molecule has 4 heteroatoms. The second-order valence-electron chi connectivity index (χ2n) is 1.52. The molecule has 1 heterocycles. The van der Waals surface area contributed by atoms with Crippen LogP contribution in [-0.4, -0.2) is 9.54 Å². The van der Waals surface area contributed by atoms with E-state index in [1.807, 2.05) is 0 Å². The van der Waals surface area contributed by atoms with E-state index in [9.17, 15) is 0 Å². The Kier molecular flexibility index (Phi) is 1.92. The molecule has 0 saturated heterocycles. The number of hydrogen-bond donors (Lipinski definition) is 2. The van der Waals surface area contributed by atoms with Gasteiger partial charge in [-0.3, -0.25) is 0 Å². The Balaban J connectivity index is 2.88. The van der Waals surface area contributed by atoms with Crippen molar-refractivity contribution in [2.24, 2.45) is 0 Å². The van der Waals surface area contributed by atoms with Crippen LogP contribution in [0.1, 0.15) is 0 Å². The van der Waals surface area contributed by atoms with Crippen molar-refractivity contribution in [2.75, 3.05) is 5.73 Å². The predicted molar refractivity (Wildman–Crippen MR) is 37.1 cm³/mol. The summed E-state index contributed by atoms with van der Waals surface area (Å²) in [5, 5.41) is 0.559. The molecule has 3 nitrogen and oxygen atoms in total. The lowest BCUT2D eigenvalue weighted by Gasteiger charge is -1.91. The fourth-order valence-electron chi connectivity index (χ4n) is 0.446. The standard InChI is InChI=1S/C5H6N2OS/c6-4-1-2-5(9-8)7-3-4/h1-3,8H,6H2. The summed E-state index contributed by atoms with van der Waals surface area (Å²) in [5.74, 6) is 0. The molecule has 48 valence electrons. The van der Waals surface area contributed by atoms with Crippen LogP contribution >= 0.6 is 12.0 Å². The second kappa shape index (κ2) is 2.70. The van der Waals surface area contributed by atoms with Crippen molar-refractivity contribution in [3.05, 3.63) is 18.3 Å². The van der Waals surface area contributed by atoms with Crippen molar-refractivity contribution in [1.82, 2.24) is 4.98 Å². The van der Waals surface area contributed by atoms with Crippen molar-refractivity contribution >= 4 is 17.7 Å². The number of aromatic nitrogens is 1. The number of nitrogens with two attached hydrogens (primary N) is 1. The maximum atomic E-state index is 8.44. The quantitative estimate of drug-likeness (QED) is 0.579. The van der Waals surface area contributed by atoms with Gasteiger partial charge in [0, 0.05) is 12.0 Å². The third-order valence-electron chi connectivity index (χ3n) is 0.853. The predicted octanol–water partition coefficient (Wildman–Crippen LogP) is 1.23. The van der Waals surface area contributed by atoms with E-state index in [-0.39, 0.29) is 0 Å². The number of anilines is 1. The zero-order valence-corrected chi connectivity index (χ0v) is 5.43. The summed E-state index contributed by atoms with van der Waals surface area (Å²) in [6, 6.07) is 3.34. The summed E-state index contributed by atoms with van der Waals surface area (Å²) < 4.78 is 8.44. The lowest BCUT2D eigenvalue weighted by Crippen LogP contribution is -1.85. The molecule has 0 fully saturated rings. The van der Waals surface area contributed by atoms with E-state index in [0.717, 1.165) is 0 Å². The third-order valence-corrected chi connectivity index (χ3v) is 1.28. The maximum Gasteiger partial charge on any atom is 0.123 e. The monoisotopic (exact) mass is 142 g/mol. The zero-order chi connectivity index (χ0) is 6.69. The molecule has 0 aromatic carbocycles. The van der Waals surface area contributed by atoms with E-state index in [1.54, 1.807) is 12.1 Å². The smallest absolute Gasteiger partial charge is 0.123 e. The van der Waals surface area contributed by atoms with Crippen LogP contribution in [0.4, 0.5) is 5.69 Å². The normalized spacial score (nSPS) is 9.44. The van der Waals surface area contributed by atoms with Gasteiger partial charge >= 0.3 is 0 Å². The van der Waals surface area contributed by atoms with Gasteiger partial charge in [0.25, 0.3) is 0 Å². The molecule has 9 heavy (non-hydrogen) atoms. The molecule has 1 rings (SSSR count). The summed E-state index contributed by atoms with van der Waals surface area (Å²) >= 11 is 0.611. The molecule has 1 aromatic heterocycles. The van der Waals surface area contributed by atoms with Crippen LogP contribution in [0, 0.1) is 0 Å². The molecule has 0 bridgehead atoms. The molecule has 0 radical (unpaired) electrons. The molecule has 0 spiro atoms. The molecule has 0 aliphatic carbocycles. The Labute approximate surface area is 57.1 Å². The Morgan fingerprint density at radius 2 is 2.33 bits per heavy atom. The van der Waals surface area contributed by atoms with Gasteiger partial charge in [-0.05, 0) is 12.1 Å². The average Bonchev–Trinajstić information content (AvgIpc) is 1.90. The summed E-state index contributed by atoms with van der Waals surface area (Å²) in [7, 11) is 0. The Morgan fingerprint density at radius 3 is 2.78 bits per heavy atom. The fourth-order valence-corrected chi connectivity index (χ4v) is 0.674. The number of rotatable bonds is 1. The zero-order valence-electron chi connectivity index (χ0n) is 4.61. The van der Waals surface area contributed by atoms with Crippen molar-refractivity contribution in [3.63, 3.8) is 0 Å². The van der Waals surface area contributed by atoms with Crippen molar-refractivity contribution in [1.29, 1.82) is 0 Å². The number of pyridine rings is 1. The maximum absolute atomic E-state index is 8.44. The minimum absolute atomic E-state index is 0.559. The van der Waals surface area contributed by atoms with Crippen LogP contribution in [0.25, 0.3) is 0 Å². The molecule has 0 saturated carbocycles. The molecule has 0 aliphatic heterocycles. The lowest BCUT2D eigenvalue weighted by atomic mass is 10.4. The first-order valence-electron chi connectivity index (χ1n) is 2.36. The molecule has 0 aliphatic rings. The van der Waals surface area contributed by atoms with Crippen molar-refractivity contribution < 1.29 is 4.55 Å². The fraction of sp³-hybridized carbons (Fsp3) is 0. The summed E-state index contributed by atoms with van der Waals surface area (Å²) in [5.41, 5.74) is 5.93. The highest BCUT2D eigenvalue weighted by molar-refractivity contribution is 7.93. The van der Waals surface area contributed by atoms with Crippen LogP contribution < -0.4 is 5.73 Å². The van der Waals surface area contributed by atoms with Gasteiger partial charge in [0.2, 0.25) is 0 Å². The van der Waals surface area contributed by atoms with Crippen LogP contribution in [0.5, 0.6) is 0 Å². The minimum atomic E-state index is 0.559. The average molecular weight is 142 g/mol. The van der Waals surface area contributed by atoms with Gasteiger partial charge in [0.1, 0.15) is 5.03 Å². The van der Waals surface area contributed by atoms with Crippen LogP contribution in [0.2, 0.25) is 0 Å². The highest BCUT2D eigenvalue weighted by Gasteiger charge is 1.89. The van der Waals surface area contributed by atoms with Gasteiger partial charge in [-0.2, -0.15) is 0 Å². The van der Waals surface area contributed by atoms with E-state index >= 15 is 0 Å². The van der Waals surface area contributed by atoms with Crippen molar-refractivity contribution in [2.45, 2.75) is 5.03 Å². The van der Waals surface area contributed by atoms with Gasteiger partial charge in [0.05, 0.1) is 11.9 Å². The first-order chi connectivity index (χ1) is 4.33. The van der Waals surface area contributed by atoms with E-state index in [1.165, 1.54) is 6.20 Å². The first-order valence-corrected chi connectivity index (χ1v) is 3.13. The van der Waals surface area contributed by atoms with Gasteiger partial charge in [-0.1, -0.05) is 0 Å². The highest BCUT2D eigenvalue weighted by atomic mass is 32.2. The minimum Gasteiger partial charge on any atom is -0.397 e. The van der Waals surface area contributed by atoms with Crippen LogP contribution in [-0.2, 0) is 0 Å². The van der Waals surface area contributed by atoms with Crippen LogP contribution in [0.3, 0.4) is 0 Å². The molecule has 0 amide bonds. The number of nitrogen functional groups attached to an aromatic ring is 1. The van der Waals surface area contributed by atoms with Gasteiger partial charge in [0.15, 0.2) is 0 Å². The summed E-state index contributed by atoms with van der Waals surface area (Å²) in [6.45, 7) is 0.